The normalized spacial score (nSPS) is 21.0. The van der Waals surface area contributed by atoms with Crippen LogP contribution >= 0.6 is 0 Å². The molecular weight excluding hydrogens is 258 g/mol. The zero-order chi connectivity index (χ0) is 14.7. The van der Waals surface area contributed by atoms with Crippen LogP contribution in [0.4, 0.5) is 0 Å². The second kappa shape index (κ2) is 6.31. The molecule has 110 valence electrons. The number of phenolic OH excluding ortho intramolecular Hbond substituents is 1. The highest BCUT2D eigenvalue weighted by Gasteiger charge is 2.29. The summed E-state index contributed by atoms with van der Waals surface area (Å²) in [6.07, 6.45) is 3.52. The van der Waals surface area contributed by atoms with Crippen molar-refractivity contribution < 1.29 is 5.11 Å². The van der Waals surface area contributed by atoms with E-state index < -0.39 is 0 Å². The predicted octanol–water partition coefficient (Wildman–Crippen LogP) is 3.78. The van der Waals surface area contributed by atoms with Crippen LogP contribution < -0.4 is 5.32 Å². The van der Waals surface area contributed by atoms with E-state index in [0.29, 0.717) is 11.8 Å². The van der Waals surface area contributed by atoms with E-state index in [4.69, 9.17) is 0 Å². The number of hydrogen-bond acceptors (Lipinski definition) is 2. The molecule has 21 heavy (non-hydrogen) atoms. The van der Waals surface area contributed by atoms with Gasteiger partial charge in [-0.2, -0.15) is 0 Å². The predicted molar refractivity (Wildman–Crippen MR) is 86.8 cm³/mol. The lowest BCUT2D eigenvalue weighted by Gasteiger charge is -2.36. The third kappa shape index (κ3) is 3.64. The van der Waals surface area contributed by atoms with Crippen LogP contribution in [0.25, 0.3) is 0 Å². The molecule has 2 heteroatoms. The Balaban J connectivity index is 1.40. The van der Waals surface area contributed by atoms with Gasteiger partial charge in [-0.05, 0) is 61.9 Å². The highest BCUT2D eigenvalue weighted by Crippen LogP contribution is 2.36. The molecule has 0 radical (unpaired) electrons. The Bertz CT molecular complexity index is 585. The summed E-state index contributed by atoms with van der Waals surface area (Å²) >= 11 is 0. The summed E-state index contributed by atoms with van der Waals surface area (Å²) in [5.74, 6) is 1.07. The molecule has 3 rings (SSSR count). The summed E-state index contributed by atoms with van der Waals surface area (Å²) in [5.41, 5.74) is 4.12. The molecule has 0 aliphatic heterocycles. The molecule has 0 heterocycles. The molecular formula is C19H23NO. The lowest BCUT2D eigenvalue weighted by atomic mass is 9.75. The van der Waals surface area contributed by atoms with E-state index in [0.717, 1.165) is 18.9 Å². The third-order valence-corrected chi connectivity index (χ3v) is 4.43. The Morgan fingerprint density at radius 2 is 1.86 bits per heavy atom. The highest BCUT2D eigenvalue weighted by molar-refractivity contribution is 5.28. The molecule has 0 spiro atoms. The molecule has 0 saturated heterocycles. The first-order valence-electron chi connectivity index (χ1n) is 7.78. The minimum atomic E-state index is 0.340. The fourth-order valence-corrected chi connectivity index (χ4v) is 3.06. The third-order valence-electron chi connectivity index (χ3n) is 4.43. The molecule has 0 amide bonds. The minimum absolute atomic E-state index is 0.340. The monoisotopic (exact) mass is 281 g/mol. The summed E-state index contributed by atoms with van der Waals surface area (Å²) in [6.45, 7) is 3.17. The molecule has 2 N–H and O–H groups in total. The first kappa shape index (κ1) is 14.2. The number of phenols is 1. The lowest BCUT2D eigenvalue weighted by Crippen LogP contribution is -2.40. The number of aromatic hydroxyl groups is 1. The maximum Gasteiger partial charge on any atom is 0.115 e. The standard InChI is InChI=1S/C19H23NO/c1-14-3-2-4-16(11-14)17-12-18(13-17)20-10-9-15-5-7-19(21)8-6-15/h2-8,11,17-18,20-21H,9-10,12-13H2,1H3. The molecule has 2 nitrogen and oxygen atoms in total. The van der Waals surface area contributed by atoms with E-state index in [1.165, 1.54) is 29.5 Å². The van der Waals surface area contributed by atoms with Gasteiger partial charge in [0.1, 0.15) is 5.75 Å². The molecule has 0 aromatic heterocycles. The molecule has 1 aliphatic carbocycles. The number of benzene rings is 2. The highest BCUT2D eigenvalue weighted by atomic mass is 16.3. The van der Waals surface area contributed by atoms with Crippen molar-refractivity contribution in [1.82, 2.24) is 5.32 Å². The van der Waals surface area contributed by atoms with Crippen LogP contribution in [0.3, 0.4) is 0 Å². The molecule has 0 unspecified atom stereocenters. The van der Waals surface area contributed by atoms with Crippen LogP contribution in [0, 0.1) is 6.92 Å². The Labute approximate surface area is 126 Å². The Kier molecular flexibility index (Phi) is 4.26. The topological polar surface area (TPSA) is 32.3 Å². The molecule has 0 atom stereocenters. The second-order valence-corrected chi connectivity index (χ2v) is 6.15. The number of hydrogen-bond donors (Lipinski definition) is 2. The van der Waals surface area contributed by atoms with Crippen molar-refractivity contribution in [2.24, 2.45) is 0 Å². The van der Waals surface area contributed by atoms with Crippen LogP contribution in [0.1, 0.15) is 35.4 Å². The minimum Gasteiger partial charge on any atom is -0.508 e. The van der Waals surface area contributed by atoms with Crippen molar-refractivity contribution in [3.05, 3.63) is 65.2 Å². The number of nitrogens with one attached hydrogen (secondary N) is 1. The van der Waals surface area contributed by atoms with Gasteiger partial charge in [0.05, 0.1) is 0 Å². The quantitative estimate of drug-likeness (QED) is 0.874. The van der Waals surface area contributed by atoms with Gasteiger partial charge in [0.2, 0.25) is 0 Å². The molecule has 1 fully saturated rings. The fraction of sp³-hybridized carbons (Fsp3) is 0.368. The summed E-state index contributed by atoms with van der Waals surface area (Å²) in [7, 11) is 0. The smallest absolute Gasteiger partial charge is 0.115 e. The molecule has 0 bridgehead atoms. The van der Waals surface area contributed by atoms with Crippen LogP contribution in [-0.2, 0) is 6.42 Å². The van der Waals surface area contributed by atoms with Gasteiger partial charge in [0.15, 0.2) is 0 Å². The van der Waals surface area contributed by atoms with E-state index in [2.05, 4.69) is 36.5 Å². The first-order valence-corrected chi connectivity index (χ1v) is 7.78. The van der Waals surface area contributed by atoms with Gasteiger partial charge < -0.3 is 10.4 Å². The van der Waals surface area contributed by atoms with Crippen molar-refractivity contribution in [3.63, 3.8) is 0 Å². The number of aryl methyl sites for hydroxylation is 1. The zero-order valence-electron chi connectivity index (χ0n) is 12.5. The fourth-order valence-electron chi connectivity index (χ4n) is 3.06. The van der Waals surface area contributed by atoms with E-state index >= 15 is 0 Å². The molecule has 2 aromatic rings. The van der Waals surface area contributed by atoms with Crippen molar-refractivity contribution in [2.45, 2.75) is 38.1 Å². The Morgan fingerprint density at radius 3 is 2.57 bits per heavy atom. The van der Waals surface area contributed by atoms with E-state index in [1.807, 2.05) is 12.1 Å². The average Bonchev–Trinajstić information content (AvgIpc) is 2.43. The van der Waals surface area contributed by atoms with Crippen LogP contribution in [-0.4, -0.2) is 17.7 Å². The van der Waals surface area contributed by atoms with E-state index in [1.54, 1.807) is 12.1 Å². The zero-order valence-corrected chi connectivity index (χ0v) is 12.5. The van der Waals surface area contributed by atoms with Gasteiger partial charge in [-0.15, -0.1) is 0 Å². The van der Waals surface area contributed by atoms with Gasteiger partial charge >= 0.3 is 0 Å². The molecule has 1 saturated carbocycles. The Morgan fingerprint density at radius 1 is 1.10 bits per heavy atom. The van der Waals surface area contributed by atoms with Gasteiger partial charge in [0.25, 0.3) is 0 Å². The van der Waals surface area contributed by atoms with Crippen molar-refractivity contribution in [2.75, 3.05) is 6.54 Å². The van der Waals surface area contributed by atoms with Crippen molar-refractivity contribution >= 4 is 0 Å². The summed E-state index contributed by atoms with van der Waals surface area (Å²) in [4.78, 5) is 0. The van der Waals surface area contributed by atoms with Crippen LogP contribution in [0.15, 0.2) is 48.5 Å². The van der Waals surface area contributed by atoms with E-state index in [9.17, 15) is 5.11 Å². The van der Waals surface area contributed by atoms with Gasteiger partial charge in [-0.25, -0.2) is 0 Å². The van der Waals surface area contributed by atoms with Gasteiger partial charge in [0, 0.05) is 6.04 Å². The number of rotatable bonds is 5. The summed E-state index contributed by atoms with van der Waals surface area (Å²) in [6, 6.07) is 17.1. The maximum atomic E-state index is 9.26. The summed E-state index contributed by atoms with van der Waals surface area (Å²) in [5, 5.41) is 12.9. The Hall–Kier alpha value is -1.80. The maximum absolute atomic E-state index is 9.26. The summed E-state index contributed by atoms with van der Waals surface area (Å²) < 4.78 is 0. The first-order chi connectivity index (χ1) is 10.2. The van der Waals surface area contributed by atoms with Crippen molar-refractivity contribution in [1.29, 1.82) is 0 Å². The van der Waals surface area contributed by atoms with Gasteiger partial charge in [-0.1, -0.05) is 42.0 Å². The van der Waals surface area contributed by atoms with Crippen molar-refractivity contribution in [3.8, 4) is 5.75 Å². The second-order valence-electron chi connectivity index (χ2n) is 6.15. The lowest BCUT2D eigenvalue weighted by molar-refractivity contribution is 0.292. The van der Waals surface area contributed by atoms with Crippen LogP contribution in [0.5, 0.6) is 5.75 Å². The van der Waals surface area contributed by atoms with Gasteiger partial charge in [-0.3, -0.25) is 0 Å². The van der Waals surface area contributed by atoms with Crippen LogP contribution in [0.2, 0.25) is 0 Å². The SMILES string of the molecule is Cc1cccc(C2CC(NCCc3ccc(O)cc3)C2)c1. The molecule has 2 aromatic carbocycles. The molecule has 1 aliphatic rings. The van der Waals surface area contributed by atoms with E-state index in [-0.39, 0.29) is 0 Å². The largest absolute Gasteiger partial charge is 0.508 e. The average molecular weight is 281 g/mol.